The highest BCUT2D eigenvalue weighted by Crippen LogP contribution is 2.36. The number of aromatic nitrogens is 4. The Balaban J connectivity index is 1.36. The van der Waals surface area contributed by atoms with E-state index < -0.39 is 0 Å². The molecule has 0 aromatic carbocycles. The Hall–Kier alpha value is -2.24. The van der Waals surface area contributed by atoms with Crippen LogP contribution in [0.1, 0.15) is 69.2 Å². The van der Waals surface area contributed by atoms with E-state index in [1.165, 1.54) is 25.0 Å². The summed E-state index contributed by atoms with van der Waals surface area (Å²) in [5.41, 5.74) is 2.14. The molecule has 2 aromatic heterocycles. The zero-order chi connectivity index (χ0) is 18.8. The lowest BCUT2D eigenvalue weighted by Gasteiger charge is -2.33. The molecule has 0 spiro atoms. The van der Waals surface area contributed by atoms with Crippen LogP contribution < -0.4 is 10.5 Å². The van der Waals surface area contributed by atoms with Crippen LogP contribution in [0, 0.1) is 5.92 Å². The number of rotatable bonds is 5. The van der Waals surface area contributed by atoms with Gasteiger partial charge in [0.25, 0.3) is 5.56 Å². The standard InChI is InChI=1S/C21H29N5O/c1-15(2)18-11-21(27)26(14-24-18)12-16-6-8-25(9-7-16)20-10-19(22-13-23-20)17-4-3-5-17/h10-11,13-17H,3-9,12H2,1-2H3. The van der Waals surface area contributed by atoms with Gasteiger partial charge < -0.3 is 4.90 Å². The molecule has 2 fully saturated rings. The van der Waals surface area contributed by atoms with Crippen molar-refractivity contribution in [2.75, 3.05) is 18.0 Å². The number of hydrogen-bond donors (Lipinski definition) is 0. The predicted octanol–water partition coefficient (Wildman–Crippen LogP) is 3.34. The van der Waals surface area contributed by atoms with Crippen LogP contribution in [0.2, 0.25) is 0 Å². The minimum absolute atomic E-state index is 0.0667. The number of nitrogens with zero attached hydrogens (tertiary/aromatic N) is 5. The summed E-state index contributed by atoms with van der Waals surface area (Å²) in [7, 11) is 0. The van der Waals surface area contributed by atoms with Gasteiger partial charge in [0.2, 0.25) is 0 Å². The van der Waals surface area contributed by atoms with Crippen molar-refractivity contribution < 1.29 is 0 Å². The smallest absolute Gasteiger partial charge is 0.253 e. The van der Waals surface area contributed by atoms with Crippen LogP contribution in [0.3, 0.4) is 0 Å². The van der Waals surface area contributed by atoms with Crippen molar-refractivity contribution in [3.63, 3.8) is 0 Å². The van der Waals surface area contributed by atoms with Gasteiger partial charge in [0.15, 0.2) is 0 Å². The summed E-state index contributed by atoms with van der Waals surface area (Å²) in [6.45, 7) is 6.85. The van der Waals surface area contributed by atoms with Crippen LogP contribution in [0.15, 0.2) is 29.6 Å². The van der Waals surface area contributed by atoms with E-state index in [-0.39, 0.29) is 11.5 Å². The Morgan fingerprint density at radius 2 is 1.85 bits per heavy atom. The minimum Gasteiger partial charge on any atom is -0.356 e. The Labute approximate surface area is 160 Å². The first-order valence-corrected chi connectivity index (χ1v) is 10.2. The first-order valence-electron chi connectivity index (χ1n) is 10.2. The van der Waals surface area contributed by atoms with E-state index in [0.29, 0.717) is 11.8 Å². The third-order valence-electron chi connectivity index (χ3n) is 6.08. The third kappa shape index (κ3) is 4.04. The average Bonchev–Trinajstić information content (AvgIpc) is 2.63. The van der Waals surface area contributed by atoms with Crippen molar-refractivity contribution in [3.8, 4) is 0 Å². The summed E-state index contributed by atoms with van der Waals surface area (Å²) in [6.07, 6.45) is 9.42. The molecule has 1 saturated carbocycles. The maximum atomic E-state index is 12.3. The maximum Gasteiger partial charge on any atom is 0.253 e. The largest absolute Gasteiger partial charge is 0.356 e. The molecule has 144 valence electrons. The molecular formula is C21H29N5O. The van der Waals surface area contributed by atoms with Gasteiger partial charge in [-0.25, -0.2) is 15.0 Å². The number of piperidine rings is 1. The van der Waals surface area contributed by atoms with Gasteiger partial charge in [0, 0.05) is 43.4 Å². The number of anilines is 1. The van der Waals surface area contributed by atoms with Crippen molar-refractivity contribution in [3.05, 3.63) is 46.5 Å². The van der Waals surface area contributed by atoms with Gasteiger partial charge in [-0.1, -0.05) is 20.3 Å². The molecule has 1 aliphatic carbocycles. The van der Waals surface area contributed by atoms with Gasteiger partial charge >= 0.3 is 0 Å². The summed E-state index contributed by atoms with van der Waals surface area (Å²) in [5, 5.41) is 0. The van der Waals surface area contributed by atoms with Crippen LogP contribution in [0.25, 0.3) is 0 Å². The molecule has 27 heavy (non-hydrogen) atoms. The molecule has 6 nitrogen and oxygen atoms in total. The quantitative estimate of drug-likeness (QED) is 0.811. The Morgan fingerprint density at radius 3 is 2.48 bits per heavy atom. The summed E-state index contributed by atoms with van der Waals surface area (Å²) in [4.78, 5) is 28.1. The van der Waals surface area contributed by atoms with Crippen molar-refractivity contribution in [2.24, 2.45) is 5.92 Å². The molecular weight excluding hydrogens is 338 g/mol. The lowest BCUT2D eigenvalue weighted by Crippen LogP contribution is -2.37. The van der Waals surface area contributed by atoms with Gasteiger partial charge in [0.1, 0.15) is 12.1 Å². The van der Waals surface area contributed by atoms with E-state index in [4.69, 9.17) is 0 Å². The second-order valence-corrected chi connectivity index (χ2v) is 8.32. The van der Waals surface area contributed by atoms with Crippen LogP contribution in [0.5, 0.6) is 0 Å². The highest BCUT2D eigenvalue weighted by atomic mass is 16.1. The lowest BCUT2D eigenvalue weighted by atomic mass is 9.83. The second-order valence-electron chi connectivity index (χ2n) is 8.32. The first-order chi connectivity index (χ1) is 13.1. The molecule has 0 unspecified atom stereocenters. The van der Waals surface area contributed by atoms with E-state index in [1.807, 2.05) is 0 Å². The number of hydrogen-bond acceptors (Lipinski definition) is 5. The summed E-state index contributed by atoms with van der Waals surface area (Å²) >= 11 is 0. The van der Waals surface area contributed by atoms with Crippen molar-refractivity contribution in [2.45, 2.75) is 64.3 Å². The van der Waals surface area contributed by atoms with E-state index in [0.717, 1.165) is 44.0 Å². The topological polar surface area (TPSA) is 63.9 Å². The predicted molar refractivity (Wildman–Crippen MR) is 106 cm³/mol. The molecule has 2 aliphatic rings. The molecule has 1 aliphatic heterocycles. The average molecular weight is 367 g/mol. The van der Waals surface area contributed by atoms with Crippen LogP contribution >= 0.6 is 0 Å². The monoisotopic (exact) mass is 367 g/mol. The highest BCUT2D eigenvalue weighted by Gasteiger charge is 2.24. The van der Waals surface area contributed by atoms with E-state index in [2.05, 4.69) is 39.8 Å². The molecule has 0 amide bonds. The fourth-order valence-electron chi connectivity index (χ4n) is 3.98. The minimum atomic E-state index is 0.0667. The molecule has 0 atom stereocenters. The maximum absolute atomic E-state index is 12.3. The highest BCUT2D eigenvalue weighted by molar-refractivity contribution is 5.40. The molecule has 3 heterocycles. The Kier molecular flexibility index (Phi) is 5.23. The zero-order valence-corrected chi connectivity index (χ0v) is 16.3. The van der Waals surface area contributed by atoms with E-state index >= 15 is 0 Å². The Morgan fingerprint density at radius 1 is 1.07 bits per heavy atom. The van der Waals surface area contributed by atoms with Crippen LogP contribution in [-0.2, 0) is 6.54 Å². The molecule has 0 bridgehead atoms. The molecule has 4 rings (SSSR count). The molecule has 0 radical (unpaired) electrons. The van der Waals surface area contributed by atoms with Crippen LogP contribution in [-0.4, -0.2) is 32.6 Å². The first kappa shape index (κ1) is 18.1. The molecule has 0 N–H and O–H groups in total. The summed E-state index contributed by atoms with van der Waals surface area (Å²) in [6, 6.07) is 3.87. The van der Waals surface area contributed by atoms with Crippen molar-refractivity contribution >= 4 is 5.82 Å². The van der Waals surface area contributed by atoms with Gasteiger partial charge in [-0.3, -0.25) is 9.36 Å². The second kappa shape index (κ2) is 7.79. The lowest BCUT2D eigenvalue weighted by molar-refractivity contribution is 0.349. The van der Waals surface area contributed by atoms with Crippen molar-refractivity contribution in [1.29, 1.82) is 0 Å². The Bertz CT molecular complexity index is 834. The van der Waals surface area contributed by atoms with Gasteiger partial charge in [-0.15, -0.1) is 0 Å². The van der Waals surface area contributed by atoms with Gasteiger partial charge in [-0.2, -0.15) is 0 Å². The van der Waals surface area contributed by atoms with Crippen molar-refractivity contribution in [1.82, 2.24) is 19.5 Å². The zero-order valence-electron chi connectivity index (χ0n) is 16.3. The van der Waals surface area contributed by atoms with E-state index in [1.54, 1.807) is 23.3 Å². The summed E-state index contributed by atoms with van der Waals surface area (Å²) in [5.74, 6) is 2.50. The van der Waals surface area contributed by atoms with E-state index in [9.17, 15) is 4.79 Å². The third-order valence-corrected chi connectivity index (χ3v) is 6.08. The van der Waals surface area contributed by atoms with Gasteiger partial charge in [-0.05, 0) is 37.5 Å². The molecule has 6 heteroatoms. The summed E-state index contributed by atoms with van der Waals surface area (Å²) < 4.78 is 1.77. The van der Waals surface area contributed by atoms with Crippen LogP contribution in [0.4, 0.5) is 5.82 Å². The fraction of sp³-hybridized carbons (Fsp3) is 0.619. The fourth-order valence-corrected chi connectivity index (χ4v) is 3.98. The van der Waals surface area contributed by atoms with Gasteiger partial charge in [0.05, 0.1) is 12.0 Å². The molecule has 2 aromatic rings. The SMILES string of the molecule is CC(C)c1cc(=O)n(CC2CCN(c3cc(C4CCC4)ncn3)CC2)cn1. The normalized spacial score (nSPS) is 18.7. The molecule has 1 saturated heterocycles.